The quantitative estimate of drug-likeness (QED) is 0.608. The molecule has 1 aromatic carbocycles. The summed E-state index contributed by atoms with van der Waals surface area (Å²) in [6.45, 7) is 4.49. The average molecular weight is 378 g/mol. The molecule has 1 amide bonds. The molecule has 0 atom stereocenters. The van der Waals surface area contributed by atoms with Crippen LogP contribution in [0.3, 0.4) is 0 Å². The van der Waals surface area contributed by atoms with Crippen molar-refractivity contribution in [1.82, 2.24) is 10.0 Å². The van der Waals surface area contributed by atoms with Gasteiger partial charge in [-0.1, -0.05) is 26.0 Å². The van der Waals surface area contributed by atoms with Crippen LogP contribution < -0.4 is 15.8 Å². The van der Waals surface area contributed by atoms with Crippen molar-refractivity contribution in [2.45, 2.75) is 50.0 Å². The van der Waals surface area contributed by atoms with E-state index in [1.807, 2.05) is 13.8 Å². The number of hydrogen-bond donors (Lipinski definition) is 3. The molecular weight excluding hydrogens is 350 g/mol. The first-order chi connectivity index (χ1) is 10.8. The third-order valence-electron chi connectivity index (χ3n) is 4.19. The molecule has 0 saturated carbocycles. The smallest absolute Gasteiger partial charge is 0.240 e. The Bertz CT molecular complexity index is 614. The van der Waals surface area contributed by atoms with E-state index in [0.717, 1.165) is 18.4 Å². The molecule has 0 aliphatic rings. The van der Waals surface area contributed by atoms with Crippen molar-refractivity contribution in [3.63, 3.8) is 0 Å². The first kappa shape index (κ1) is 22.9. The second-order valence-electron chi connectivity index (χ2n) is 5.70. The van der Waals surface area contributed by atoms with Crippen LogP contribution in [0, 0.1) is 0 Å². The van der Waals surface area contributed by atoms with E-state index in [0.29, 0.717) is 19.4 Å². The van der Waals surface area contributed by atoms with Gasteiger partial charge in [-0.25, -0.2) is 13.1 Å². The topological polar surface area (TPSA) is 101 Å². The van der Waals surface area contributed by atoms with Crippen LogP contribution in [0.2, 0.25) is 0 Å². The van der Waals surface area contributed by atoms with Crippen LogP contribution in [-0.4, -0.2) is 33.5 Å². The summed E-state index contributed by atoms with van der Waals surface area (Å²) in [5, 5.41) is 2.87. The van der Waals surface area contributed by atoms with Gasteiger partial charge in [0.25, 0.3) is 0 Å². The van der Waals surface area contributed by atoms with E-state index in [1.165, 1.54) is 19.2 Å². The van der Waals surface area contributed by atoms with Crippen LogP contribution in [0.5, 0.6) is 0 Å². The summed E-state index contributed by atoms with van der Waals surface area (Å²) in [5.74, 6) is -0.0475. The number of carbonyl (C=O) groups excluding carboxylic acids is 1. The van der Waals surface area contributed by atoms with Crippen molar-refractivity contribution in [3.05, 3.63) is 29.8 Å². The number of rotatable bonds is 9. The highest BCUT2D eigenvalue weighted by molar-refractivity contribution is 7.89. The van der Waals surface area contributed by atoms with Crippen molar-refractivity contribution in [2.75, 3.05) is 13.6 Å². The maximum absolute atomic E-state index is 11.9. The third kappa shape index (κ3) is 6.76. The molecule has 8 heteroatoms. The molecule has 0 spiro atoms. The number of sulfonamides is 1. The maximum Gasteiger partial charge on any atom is 0.240 e. The Morgan fingerprint density at radius 2 is 1.71 bits per heavy atom. The van der Waals surface area contributed by atoms with Crippen LogP contribution in [0.4, 0.5) is 0 Å². The Labute approximate surface area is 151 Å². The van der Waals surface area contributed by atoms with Crippen molar-refractivity contribution in [1.29, 1.82) is 0 Å². The fraction of sp³-hybridized carbons (Fsp3) is 0.562. The summed E-state index contributed by atoms with van der Waals surface area (Å²) >= 11 is 0. The van der Waals surface area contributed by atoms with Gasteiger partial charge in [-0.2, -0.15) is 0 Å². The number of aryl methyl sites for hydroxylation is 1. The number of halogens is 1. The van der Waals surface area contributed by atoms with E-state index in [4.69, 9.17) is 5.73 Å². The molecule has 138 valence electrons. The molecule has 0 radical (unpaired) electrons. The van der Waals surface area contributed by atoms with Gasteiger partial charge in [-0.3, -0.25) is 4.79 Å². The molecule has 1 aromatic rings. The monoisotopic (exact) mass is 377 g/mol. The van der Waals surface area contributed by atoms with Gasteiger partial charge in [-0.15, -0.1) is 12.4 Å². The molecule has 0 saturated heterocycles. The van der Waals surface area contributed by atoms with Gasteiger partial charge in [0, 0.05) is 18.5 Å². The minimum absolute atomic E-state index is 0. The van der Waals surface area contributed by atoms with E-state index in [-0.39, 0.29) is 28.7 Å². The zero-order valence-corrected chi connectivity index (χ0v) is 16.1. The number of benzene rings is 1. The maximum atomic E-state index is 11.9. The minimum Gasteiger partial charge on any atom is -0.354 e. The highest BCUT2D eigenvalue weighted by atomic mass is 35.5. The second-order valence-corrected chi connectivity index (χ2v) is 7.58. The molecule has 0 unspecified atom stereocenters. The third-order valence-corrected chi connectivity index (χ3v) is 5.62. The van der Waals surface area contributed by atoms with Gasteiger partial charge < -0.3 is 11.1 Å². The van der Waals surface area contributed by atoms with Crippen molar-refractivity contribution >= 4 is 28.3 Å². The van der Waals surface area contributed by atoms with Gasteiger partial charge in [0.05, 0.1) is 4.90 Å². The fourth-order valence-electron chi connectivity index (χ4n) is 2.07. The number of nitrogens with two attached hydrogens (primary N) is 1. The van der Waals surface area contributed by atoms with Gasteiger partial charge >= 0.3 is 0 Å². The van der Waals surface area contributed by atoms with Gasteiger partial charge in [0.1, 0.15) is 0 Å². The predicted molar refractivity (Wildman–Crippen MR) is 98.8 cm³/mol. The summed E-state index contributed by atoms with van der Waals surface area (Å²) < 4.78 is 25.5. The Balaban J connectivity index is 0.00000529. The SMILES string of the molecule is CCC(N)(CC)CNC(=O)CCc1ccc(S(=O)(=O)NC)cc1.Cl. The van der Waals surface area contributed by atoms with E-state index in [1.54, 1.807) is 12.1 Å². The normalized spacial score (nSPS) is 11.7. The van der Waals surface area contributed by atoms with E-state index in [2.05, 4.69) is 10.0 Å². The van der Waals surface area contributed by atoms with Crippen molar-refractivity contribution in [3.8, 4) is 0 Å². The van der Waals surface area contributed by atoms with Gasteiger partial charge in [0.15, 0.2) is 0 Å². The van der Waals surface area contributed by atoms with Crippen LogP contribution in [-0.2, 0) is 21.2 Å². The fourth-order valence-corrected chi connectivity index (χ4v) is 2.80. The molecule has 6 nitrogen and oxygen atoms in total. The first-order valence-corrected chi connectivity index (χ1v) is 9.32. The summed E-state index contributed by atoms with van der Waals surface area (Å²) in [6.07, 6.45) is 2.53. The summed E-state index contributed by atoms with van der Waals surface area (Å²) in [5.41, 5.74) is 6.71. The second kappa shape index (κ2) is 9.98. The highest BCUT2D eigenvalue weighted by Crippen LogP contribution is 2.12. The Morgan fingerprint density at radius 1 is 1.17 bits per heavy atom. The lowest BCUT2D eigenvalue weighted by atomic mass is 9.94. The van der Waals surface area contributed by atoms with Crippen LogP contribution >= 0.6 is 12.4 Å². The minimum atomic E-state index is -3.42. The highest BCUT2D eigenvalue weighted by Gasteiger charge is 2.20. The van der Waals surface area contributed by atoms with Crippen LogP contribution in [0.1, 0.15) is 38.7 Å². The van der Waals surface area contributed by atoms with E-state index >= 15 is 0 Å². The number of carbonyl (C=O) groups is 1. The molecule has 4 N–H and O–H groups in total. The van der Waals surface area contributed by atoms with Gasteiger partial charge in [0.2, 0.25) is 15.9 Å². The Morgan fingerprint density at radius 3 is 2.17 bits per heavy atom. The van der Waals surface area contributed by atoms with Crippen LogP contribution in [0.25, 0.3) is 0 Å². The zero-order valence-electron chi connectivity index (χ0n) is 14.5. The lowest BCUT2D eigenvalue weighted by Crippen LogP contribution is -2.49. The molecule has 0 heterocycles. The van der Waals surface area contributed by atoms with Crippen molar-refractivity contribution < 1.29 is 13.2 Å². The molecule has 0 aliphatic heterocycles. The molecule has 0 fully saturated rings. The standard InChI is InChI=1S/C16H27N3O3S.ClH/c1-4-16(17,5-2)12-19-15(20)11-8-13-6-9-14(10-7-13)23(21,22)18-3;/h6-7,9-10,18H,4-5,8,11-12,17H2,1-3H3,(H,19,20);1H. The molecule has 24 heavy (non-hydrogen) atoms. The lowest BCUT2D eigenvalue weighted by Gasteiger charge is -2.26. The molecule has 1 rings (SSSR count). The zero-order chi connectivity index (χ0) is 17.5. The number of hydrogen-bond acceptors (Lipinski definition) is 4. The predicted octanol–water partition coefficient (Wildman–Crippen LogP) is 1.58. The summed E-state index contributed by atoms with van der Waals surface area (Å²) in [4.78, 5) is 12.1. The van der Waals surface area contributed by atoms with Crippen LogP contribution in [0.15, 0.2) is 29.2 Å². The molecule has 0 aliphatic carbocycles. The summed E-state index contributed by atoms with van der Waals surface area (Å²) in [6, 6.07) is 6.53. The summed E-state index contributed by atoms with van der Waals surface area (Å²) in [7, 11) is -2.05. The number of amides is 1. The Hall–Kier alpha value is -1.15. The number of nitrogens with one attached hydrogen (secondary N) is 2. The van der Waals surface area contributed by atoms with Gasteiger partial charge in [-0.05, 0) is 44.0 Å². The van der Waals surface area contributed by atoms with E-state index < -0.39 is 10.0 Å². The largest absolute Gasteiger partial charge is 0.354 e. The lowest BCUT2D eigenvalue weighted by molar-refractivity contribution is -0.121. The van der Waals surface area contributed by atoms with E-state index in [9.17, 15) is 13.2 Å². The first-order valence-electron chi connectivity index (χ1n) is 7.84. The molecular formula is C16H28ClN3O3S. The molecule has 0 aromatic heterocycles. The Kier molecular flexibility index (Phi) is 9.50. The average Bonchev–Trinajstić information content (AvgIpc) is 2.58. The molecule has 0 bridgehead atoms. The van der Waals surface area contributed by atoms with Crippen molar-refractivity contribution in [2.24, 2.45) is 5.73 Å².